The number of phenols is 1. The first kappa shape index (κ1) is 32.2. The van der Waals surface area contributed by atoms with Crippen molar-refractivity contribution in [2.75, 3.05) is 20.8 Å². The van der Waals surface area contributed by atoms with Crippen LogP contribution >= 0.6 is 0 Å². The van der Waals surface area contributed by atoms with E-state index in [1.165, 1.54) is 13.2 Å². The highest BCUT2D eigenvalue weighted by atomic mass is 16.8. The van der Waals surface area contributed by atoms with Crippen molar-refractivity contribution < 1.29 is 58.1 Å². The van der Waals surface area contributed by atoms with E-state index in [1.54, 1.807) is 32.2 Å². The van der Waals surface area contributed by atoms with Crippen LogP contribution in [0.4, 0.5) is 4.79 Å². The van der Waals surface area contributed by atoms with Crippen molar-refractivity contribution >= 4 is 22.9 Å². The molecule has 0 bridgehead atoms. The van der Waals surface area contributed by atoms with Crippen molar-refractivity contribution in [3.8, 4) is 35.2 Å². The SMILES string of the molecule is CN[C@H]1[C@@H](O[C@@H]2C3CC#C[C@H]4O[C@@]4([C@H]4COC(=O)O4)C#CC3=C[C@H]2OC(=O)c2c(O)ccc3c(C)cc(OC)cc23)O[C@H](C)[C@H](O)[C@@H]1O. The summed E-state index contributed by atoms with van der Waals surface area (Å²) >= 11 is 0. The van der Waals surface area contributed by atoms with Crippen molar-refractivity contribution in [3.05, 3.63) is 47.0 Å². The van der Waals surface area contributed by atoms with Crippen molar-refractivity contribution in [1.29, 1.82) is 0 Å². The second-order valence-electron chi connectivity index (χ2n) is 12.4. The lowest BCUT2D eigenvalue weighted by Gasteiger charge is -2.43. The maximum absolute atomic E-state index is 14.0. The van der Waals surface area contributed by atoms with E-state index in [-0.39, 0.29) is 24.3 Å². The number of ether oxygens (including phenoxy) is 7. The van der Waals surface area contributed by atoms with E-state index >= 15 is 0 Å². The molecule has 2 aromatic rings. The first-order chi connectivity index (χ1) is 23.0. The molecule has 3 saturated heterocycles. The molecule has 7 rings (SSSR count). The minimum absolute atomic E-state index is 0.0320. The summed E-state index contributed by atoms with van der Waals surface area (Å²) in [5.41, 5.74) is 0.147. The molecule has 1 unspecified atom stereocenters. The Morgan fingerprint density at radius 1 is 1.17 bits per heavy atom. The first-order valence-electron chi connectivity index (χ1n) is 15.6. The number of hydrogen-bond donors (Lipinski definition) is 4. The number of esters is 1. The van der Waals surface area contributed by atoms with E-state index in [2.05, 4.69) is 29.0 Å². The van der Waals surface area contributed by atoms with Crippen LogP contribution in [-0.2, 0) is 28.4 Å². The number of aliphatic hydroxyl groups is 2. The van der Waals surface area contributed by atoms with Crippen LogP contribution < -0.4 is 10.1 Å². The van der Waals surface area contributed by atoms with Gasteiger partial charge in [0.25, 0.3) is 0 Å². The molecule has 2 aromatic carbocycles. The lowest BCUT2D eigenvalue weighted by Crippen LogP contribution is -2.63. The maximum atomic E-state index is 14.0. The average molecular weight is 662 g/mol. The molecular formula is C35H35NO12. The summed E-state index contributed by atoms with van der Waals surface area (Å²) in [6, 6.07) is 5.81. The van der Waals surface area contributed by atoms with Gasteiger partial charge in [0.15, 0.2) is 18.5 Å². The molecule has 3 fully saturated rings. The molecule has 11 atom stereocenters. The van der Waals surface area contributed by atoms with Gasteiger partial charge in [0.1, 0.15) is 48.1 Å². The molecule has 0 amide bonds. The number of hydrogen-bond acceptors (Lipinski definition) is 13. The molecular weight excluding hydrogens is 626 g/mol. The number of aromatic hydroxyl groups is 1. The molecule has 0 aromatic heterocycles. The second kappa shape index (κ2) is 12.3. The van der Waals surface area contributed by atoms with E-state index in [4.69, 9.17) is 33.2 Å². The molecule has 3 aliphatic heterocycles. The van der Waals surface area contributed by atoms with Gasteiger partial charge >= 0.3 is 12.1 Å². The summed E-state index contributed by atoms with van der Waals surface area (Å²) in [5, 5.41) is 36.3. The zero-order valence-electron chi connectivity index (χ0n) is 26.6. The van der Waals surface area contributed by atoms with Crippen molar-refractivity contribution in [2.24, 2.45) is 5.92 Å². The van der Waals surface area contributed by atoms with Gasteiger partial charge in [-0.1, -0.05) is 29.7 Å². The van der Waals surface area contributed by atoms with E-state index in [1.807, 2.05) is 13.0 Å². The number of methoxy groups -OCH3 is 1. The largest absolute Gasteiger partial charge is 0.508 e. The van der Waals surface area contributed by atoms with Gasteiger partial charge < -0.3 is 53.8 Å². The highest BCUT2D eigenvalue weighted by molar-refractivity contribution is 6.08. The molecule has 0 saturated carbocycles. The number of carbonyl (C=O) groups is 2. The molecule has 0 radical (unpaired) electrons. The maximum Gasteiger partial charge on any atom is 0.508 e. The summed E-state index contributed by atoms with van der Waals surface area (Å²) in [4.78, 5) is 25.7. The van der Waals surface area contributed by atoms with Gasteiger partial charge in [0.05, 0.1) is 19.3 Å². The fourth-order valence-electron chi connectivity index (χ4n) is 6.82. The third kappa shape index (κ3) is 5.43. The number of nitrogens with one attached hydrogen (secondary N) is 1. The van der Waals surface area contributed by atoms with E-state index < -0.39 is 78.7 Å². The average Bonchev–Trinajstić information content (AvgIpc) is 3.39. The lowest BCUT2D eigenvalue weighted by molar-refractivity contribution is -0.281. The molecule has 3 heterocycles. The molecule has 2 aliphatic carbocycles. The lowest BCUT2D eigenvalue weighted by atomic mass is 9.94. The number of epoxide rings is 1. The van der Waals surface area contributed by atoms with Crippen LogP contribution in [0, 0.1) is 36.5 Å². The van der Waals surface area contributed by atoms with Crippen LogP contribution in [0.1, 0.15) is 29.3 Å². The number of aryl methyl sites for hydroxylation is 1. The number of cyclic esters (lactones) is 2. The van der Waals surface area contributed by atoms with Crippen LogP contribution in [0.15, 0.2) is 35.9 Å². The first-order valence-corrected chi connectivity index (χ1v) is 15.6. The fraction of sp³-hybridized carbons (Fsp3) is 0.486. The Bertz CT molecular complexity index is 1820. The summed E-state index contributed by atoms with van der Waals surface area (Å²) in [7, 11) is 3.12. The normalized spacial score (nSPS) is 36.3. The number of carbonyl (C=O) groups excluding carboxylic acids is 2. The smallest absolute Gasteiger partial charge is 0.507 e. The van der Waals surface area contributed by atoms with Crippen LogP contribution in [0.25, 0.3) is 10.8 Å². The second-order valence-corrected chi connectivity index (χ2v) is 12.4. The minimum Gasteiger partial charge on any atom is -0.507 e. The highest BCUT2D eigenvalue weighted by Crippen LogP contribution is 2.44. The van der Waals surface area contributed by atoms with Gasteiger partial charge in [-0.15, -0.1) is 0 Å². The monoisotopic (exact) mass is 661 g/mol. The van der Waals surface area contributed by atoms with Crippen molar-refractivity contribution in [2.45, 2.75) is 80.9 Å². The van der Waals surface area contributed by atoms with Gasteiger partial charge in [0, 0.05) is 23.3 Å². The Hall–Kier alpha value is -4.34. The number of aliphatic hydroxyl groups excluding tert-OH is 2. The van der Waals surface area contributed by atoms with Gasteiger partial charge in [-0.2, -0.15) is 0 Å². The summed E-state index contributed by atoms with van der Waals surface area (Å²) in [5.74, 6) is 11.3. The van der Waals surface area contributed by atoms with Crippen LogP contribution in [0.3, 0.4) is 0 Å². The zero-order valence-corrected chi connectivity index (χ0v) is 26.6. The van der Waals surface area contributed by atoms with Crippen molar-refractivity contribution in [3.63, 3.8) is 0 Å². The summed E-state index contributed by atoms with van der Waals surface area (Å²) in [6.07, 6.45) is -6.46. The Kier molecular flexibility index (Phi) is 8.24. The van der Waals surface area contributed by atoms with Gasteiger partial charge in [-0.3, -0.25) is 0 Å². The summed E-state index contributed by atoms with van der Waals surface area (Å²) in [6.45, 7) is 3.46. The van der Waals surface area contributed by atoms with Gasteiger partial charge in [0.2, 0.25) is 5.60 Å². The quantitative estimate of drug-likeness (QED) is 0.191. The molecule has 0 spiro atoms. The molecule has 252 valence electrons. The molecule has 13 nitrogen and oxygen atoms in total. The minimum atomic E-state index is -1.22. The number of rotatable bonds is 7. The zero-order chi connectivity index (χ0) is 33.9. The molecule has 48 heavy (non-hydrogen) atoms. The topological polar surface area (TPSA) is 175 Å². The van der Waals surface area contributed by atoms with Gasteiger partial charge in [-0.05, 0) is 56.1 Å². The van der Waals surface area contributed by atoms with E-state index in [0.717, 1.165) is 10.9 Å². The number of phenolic OH excluding ortho intramolecular Hbond substituents is 1. The third-order valence-corrected chi connectivity index (χ3v) is 9.58. The molecule has 13 heteroatoms. The number of benzene rings is 2. The van der Waals surface area contributed by atoms with E-state index in [9.17, 15) is 24.9 Å². The summed E-state index contributed by atoms with van der Waals surface area (Å²) < 4.78 is 40.2. The standard InChI is InChI=1S/C35H35NO12/c1-16-12-19(42-4)14-22-20(16)8-9-23(37)27(22)32(40)45-24-13-18-10-11-35(26-15-43-34(41)46-26)25(48-35)7-5-6-21(18)31(24)47-33-28(36-3)30(39)29(38)17(2)44-33/h8-9,12-14,17,21,24-26,28-31,33,36-39H,6,15H2,1-4H3/t17-,21?,24-,25-,26-,28-,29+,30-,31-,33-,35+/m1/s1. The Labute approximate surface area is 276 Å². The van der Waals surface area contributed by atoms with Gasteiger partial charge in [-0.25, -0.2) is 9.59 Å². The number of likely N-dealkylation sites (N-methyl/N-ethyl adjacent to an activating group) is 1. The predicted octanol–water partition coefficient (Wildman–Crippen LogP) is 1.47. The predicted molar refractivity (Wildman–Crippen MR) is 166 cm³/mol. The van der Waals surface area contributed by atoms with Crippen molar-refractivity contribution in [1.82, 2.24) is 5.32 Å². The van der Waals surface area contributed by atoms with E-state index in [0.29, 0.717) is 16.7 Å². The highest BCUT2D eigenvalue weighted by Gasteiger charge is 2.65. The van der Waals surface area contributed by atoms with Crippen LogP contribution in [0.5, 0.6) is 11.5 Å². The number of fused-ring (bicyclic) bond motifs is 3. The fourth-order valence-corrected chi connectivity index (χ4v) is 6.82. The van der Waals surface area contributed by atoms with Crippen LogP contribution in [0.2, 0.25) is 0 Å². The molecule has 4 N–H and O–H groups in total. The Morgan fingerprint density at radius 2 is 1.98 bits per heavy atom. The van der Waals surface area contributed by atoms with Crippen LogP contribution in [-0.4, -0.2) is 109 Å². The Morgan fingerprint density at radius 3 is 2.71 bits per heavy atom. The molecule has 5 aliphatic rings. The Balaban J connectivity index is 1.26. The third-order valence-electron chi connectivity index (χ3n) is 9.58.